The van der Waals surface area contributed by atoms with E-state index < -0.39 is 0 Å². The average molecular weight is 497 g/mol. The van der Waals surface area contributed by atoms with Crippen LogP contribution in [0.15, 0.2) is 24.3 Å². The van der Waals surface area contributed by atoms with Crippen LogP contribution < -0.4 is 0 Å². The molecule has 0 saturated heterocycles. The van der Waals surface area contributed by atoms with Gasteiger partial charge in [-0.05, 0) is 128 Å². The van der Waals surface area contributed by atoms with Crippen molar-refractivity contribution in [1.29, 1.82) is 0 Å². The largest absolute Gasteiger partial charge is 0.393 e. The molecule has 1 aromatic rings. The molecule has 4 saturated carbocycles. The first-order valence-corrected chi connectivity index (χ1v) is 15.6. The lowest BCUT2D eigenvalue weighted by Gasteiger charge is -2.63. The molecule has 5 rings (SSSR count). The van der Waals surface area contributed by atoms with Gasteiger partial charge in [-0.25, -0.2) is 4.39 Å². The zero-order valence-corrected chi connectivity index (χ0v) is 23.8. The van der Waals surface area contributed by atoms with Gasteiger partial charge in [0.1, 0.15) is 5.82 Å². The van der Waals surface area contributed by atoms with E-state index >= 15 is 0 Å². The van der Waals surface area contributed by atoms with E-state index in [1.807, 2.05) is 12.1 Å². The van der Waals surface area contributed by atoms with E-state index in [0.29, 0.717) is 23.2 Å². The average Bonchev–Trinajstić information content (AvgIpc) is 3.19. The highest BCUT2D eigenvalue weighted by molar-refractivity contribution is 5.20. The molecule has 0 spiro atoms. The molecule has 0 aliphatic heterocycles. The zero-order valence-electron chi connectivity index (χ0n) is 23.8. The minimum atomic E-state index is -0.282. The Bertz CT molecular complexity index is 895. The Hall–Kier alpha value is -0.890. The minimum absolute atomic E-state index is 0.0985. The summed E-state index contributed by atoms with van der Waals surface area (Å²) in [4.78, 5) is 0. The first kappa shape index (κ1) is 26.7. The van der Waals surface area contributed by atoms with Crippen molar-refractivity contribution >= 4 is 0 Å². The number of aliphatic hydroxyl groups is 1. The number of hydrogen-bond acceptors (Lipinski definition) is 1. The molecule has 2 heteroatoms. The molecule has 0 amide bonds. The summed E-state index contributed by atoms with van der Waals surface area (Å²) < 4.78 is 14.6. The fourth-order valence-electron chi connectivity index (χ4n) is 10.7. The molecular formula is C34H53FO. The quantitative estimate of drug-likeness (QED) is 0.399. The molecule has 0 heterocycles. The lowest BCUT2D eigenvalue weighted by molar-refractivity contribution is -0.152. The summed E-state index contributed by atoms with van der Waals surface area (Å²) in [5.74, 6) is 5.77. The van der Waals surface area contributed by atoms with Crippen LogP contribution in [0.2, 0.25) is 0 Å². The fourth-order valence-corrected chi connectivity index (χ4v) is 10.7. The maximum atomic E-state index is 14.6. The molecule has 4 aliphatic rings. The lowest BCUT2D eigenvalue weighted by atomic mass is 9.42. The van der Waals surface area contributed by atoms with Crippen LogP contribution >= 0.6 is 0 Å². The van der Waals surface area contributed by atoms with E-state index in [1.54, 1.807) is 12.1 Å². The predicted octanol–water partition coefficient (Wildman–Crippen LogP) is 9.08. The first-order valence-electron chi connectivity index (χ1n) is 15.6. The number of hydrogen-bond donors (Lipinski definition) is 1. The Kier molecular flexibility index (Phi) is 7.68. The SMILES string of the molecule is CC(C)CCC[C@@H](C)[C@H]1CCC2C3CCC4[C@H](Cc5ccccc5F)[C@H](O)CC[C@]4(C)C3CC[C@@]21C. The minimum Gasteiger partial charge on any atom is -0.393 e. The van der Waals surface area contributed by atoms with Crippen LogP contribution in [0.3, 0.4) is 0 Å². The van der Waals surface area contributed by atoms with E-state index in [4.69, 9.17) is 0 Å². The maximum Gasteiger partial charge on any atom is 0.126 e. The van der Waals surface area contributed by atoms with Gasteiger partial charge in [-0.1, -0.05) is 72.1 Å². The molecule has 10 atom stereocenters. The van der Waals surface area contributed by atoms with Gasteiger partial charge in [0.2, 0.25) is 0 Å². The molecule has 4 unspecified atom stereocenters. The molecule has 1 N–H and O–H groups in total. The zero-order chi connectivity index (χ0) is 25.7. The van der Waals surface area contributed by atoms with E-state index in [1.165, 1.54) is 57.8 Å². The number of rotatable bonds is 7. The van der Waals surface area contributed by atoms with Crippen LogP contribution in [0.25, 0.3) is 0 Å². The highest BCUT2D eigenvalue weighted by Gasteiger charge is 2.61. The Balaban J connectivity index is 1.32. The molecule has 4 aliphatic carbocycles. The van der Waals surface area contributed by atoms with Gasteiger partial charge in [-0.15, -0.1) is 0 Å². The second-order valence-electron chi connectivity index (χ2n) is 14.7. The van der Waals surface area contributed by atoms with Gasteiger partial charge < -0.3 is 5.11 Å². The standard InChI is InChI=1S/C34H53FO/c1-22(2)9-8-10-23(3)27-15-16-28-25-13-14-29-26(21-24-11-6-7-12-31(24)35)32(36)18-20-34(29,5)30(25)17-19-33(27,28)4/h6-7,11-12,22-23,25-30,32,36H,8-10,13-21H2,1-5H3/t23-,25?,26+,27-,28?,29?,30?,32-,33-,34+/m1/s1. The van der Waals surface area contributed by atoms with E-state index in [9.17, 15) is 9.50 Å². The van der Waals surface area contributed by atoms with Crippen molar-refractivity contribution in [3.63, 3.8) is 0 Å². The number of benzene rings is 1. The van der Waals surface area contributed by atoms with E-state index in [-0.39, 0.29) is 17.8 Å². The van der Waals surface area contributed by atoms with Gasteiger partial charge in [-0.3, -0.25) is 0 Å². The van der Waals surface area contributed by atoms with Crippen LogP contribution in [-0.4, -0.2) is 11.2 Å². The topological polar surface area (TPSA) is 20.2 Å². The Labute approximate surface area is 221 Å². The summed E-state index contributed by atoms with van der Waals surface area (Å²) in [6, 6.07) is 7.26. The third kappa shape index (κ3) is 4.60. The molecule has 4 fully saturated rings. The third-order valence-corrected chi connectivity index (χ3v) is 12.5. The Morgan fingerprint density at radius 2 is 1.56 bits per heavy atom. The smallest absolute Gasteiger partial charge is 0.126 e. The van der Waals surface area contributed by atoms with Gasteiger partial charge in [0.15, 0.2) is 0 Å². The third-order valence-electron chi connectivity index (χ3n) is 12.5. The van der Waals surface area contributed by atoms with Gasteiger partial charge in [0.05, 0.1) is 6.10 Å². The van der Waals surface area contributed by atoms with Crippen molar-refractivity contribution in [1.82, 2.24) is 0 Å². The molecule has 1 nitrogen and oxygen atoms in total. The summed E-state index contributed by atoms with van der Waals surface area (Å²) in [7, 11) is 0. The lowest BCUT2D eigenvalue weighted by Crippen LogP contribution is -2.57. The van der Waals surface area contributed by atoms with E-state index in [2.05, 4.69) is 34.6 Å². The van der Waals surface area contributed by atoms with Crippen LogP contribution in [0.5, 0.6) is 0 Å². The van der Waals surface area contributed by atoms with Gasteiger partial charge >= 0.3 is 0 Å². The summed E-state index contributed by atoms with van der Waals surface area (Å²) in [6.45, 7) is 12.6. The summed E-state index contributed by atoms with van der Waals surface area (Å²) >= 11 is 0. The van der Waals surface area contributed by atoms with Crippen LogP contribution in [0, 0.1) is 64.0 Å². The normalized spacial score (nSPS) is 43.1. The second-order valence-corrected chi connectivity index (χ2v) is 14.7. The van der Waals surface area contributed by atoms with Crippen LogP contribution in [-0.2, 0) is 6.42 Å². The van der Waals surface area contributed by atoms with Crippen molar-refractivity contribution < 1.29 is 9.50 Å². The van der Waals surface area contributed by atoms with Crippen molar-refractivity contribution in [2.45, 2.75) is 118 Å². The number of halogens is 1. The molecule has 36 heavy (non-hydrogen) atoms. The summed E-state index contributed by atoms with van der Waals surface area (Å²) in [5.41, 5.74) is 1.64. The van der Waals surface area contributed by atoms with Crippen molar-refractivity contribution in [2.75, 3.05) is 0 Å². The molecule has 0 bridgehead atoms. The van der Waals surface area contributed by atoms with Gasteiger partial charge in [-0.2, -0.15) is 0 Å². The monoisotopic (exact) mass is 496 g/mol. The molecule has 0 aromatic heterocycles. The van der Waals surface area contributed by atoms with Crippen molar-refractivity contribution in [2.24, 2.45) is 58.2 Å². The number of fused-ring (bicyclic) bond motifs is 5. The predicted molar refractivity (Wildman–Crippen MR) is 148 cm³/mol. The van der Waals surface area contributed by atoms with Crippen LogP contribution in [0.1, 0.15) is 111 Å². The van der Waals surface area contributed by atoms with Crippen LogP contribution in [0.4, 0.5) is 4.39 Å². The Morgan fingerprint density at radius 3 is 2.31 bits per heavy atom. The highest BCUT2D eigenvalue weighted by atomic mass is 19.1. The fraction of sp³-hybridized carbons (Fsp3) is 0.824. The molecule has 202 valence electrons. The molecular weight excluding hydrogens is 443 g/mol. The molecule has 0 radical (unpaired) electrons. The Morgan fingerprint density at radius 1 is 0.861 bits per heavy atom. The highest BCUT2D eigenvalue weighted by Crippen LogP contribution is 2.69. The maximum absolute atomic E-state index is 14.6. The van der Waals surface area contributed by atoms with Crippen molar-refractivity contribution in [3.05, 3.63) is 35.6 Å². The first-order chi connectivity index (χ1) is 17.1. The van der Waals surface area contributed by atoms with Crippen molar-refractivity contribution in [3.8, 4) is 0 Å². The van der Waals surface area contributed by atoms with Gasteiger partial charge in [0.25, 0.3) is 0 Å². The number of aliphatic hydroxyl groups excluding tert-OH is 1. The van der Waals surface area contributed by atoms with E-state index in [0.717, 1.165) is 53.9 Å². The second kappa shape index (κ2) is 10.3. The van der Waals surface area contributed by atoms with Gasteiger partial charge in [0, 0.05) is 0 Å². The summed E-state index contributed by atoms with van der Waals surface area (Å²) in [5, 5.41) is 11.1. The summed E-state index contributed by atoms with van der Waals surface area (Å²) in [6.07, 6.45) is 14.9. The molecule has 1 aromatic carbocycles.